The molecule has 0 saturated heterocycles. The quantitative estimate of drug-likeness (QED) is 0.136. The van der Waals surface area contributed by atoms with E-state index in [0.717, 1.165) is 31.2 Å². The molecule has 0 fully saturated rings. The molecular formula is C23H45BrO2. The van der Waals surface area contributed by atoms with Gasteiger partial charge in [0.25, 0.3) is 0 Å². The van der Waals surface area contributed by atoms with Crippen LogP contribution in [0.4, 0.5) is 0 Å². The Morgan fingerprint density at radius 3 is 1.92 bits per heavy atom. The summed E-state index contributed by atoms with van der Waals surface area (Å²) >= 11 is 3.43. The van der Waals surface area contributed by atoms with Crippen molar-refractivity contribution in [1.82, 2.24) is 0 Å². The average Bonchev–Trinajstić information content (AvgIpc) is 2.64. The minimum atomic E-state index is 0.281. The van der Waals surface area contributed by atoms with Crippen LogP contribution in [0.2, 0.25) is 0 Å². The Labute approximate surface area is 172 Å². The smallest absolute Gasteiger partial charge is 0.158 e. The number of alkyl halides is 1. The summed E-state index contributed by atoms with van der Waals surface area (Å²) in [7, 11) is 0. The molecule has 0 bridgehead atoms. The van der Waals surface area contributed by atoms with Crippen molar-refractivity contribution < 1.29 is 9.53 Å². The second-order valence-corrected chi connectivity index (χ2v) is 8.62. The zero-order chi connectivity index (χ0) is 19.3. The van der Waals surface area contributed by atoms with E-state index >= 15 is 0 Å². The van der Waals surface area contributed by atoms with Gasteiger partial charge in [-0.1, -0.05) is 100 Å². The van der Waals surface area contributed by atoms with E-state index in [9.17, 15) is 4.79 Å². The molecule has 0 aromatic carbocycles. The summed E-state index contributed by atoms with van der Waals surface area (Å²) in [5, 5.41) is 1.04. The fraction of sp³-hybridized carbons (Fsp3) is 0.957. The molecule has 1 atom stereocenters. The number of hydrogen-bond acceptors (Lipinski definition) is 2. The lowest BCUT2D eigenvalue weighted by Crippen LogP contribution is -2.15. The first kappa shape index (κ1) is 26.1. The van der Waals surface area contributed by atoms with Crippen LogP contribution in [-0.4, -0.2) is 24.3 Å². The topological polar surface area (TPSA) is 26.3 Å². The van der Waals surface area contributed by atoms with Gasteiger partial charge in [0.1, 0.15) is 6.61 Å². The Morgan fingerprint density at radius 1 is 0.769 bits per heavy atom. The molecule has 0 radical (unpaired) electrons. The number of rotatable bonds is 21. The van der Waals surface area contributed by atoms with Gasteiger partial charge >= 0.3 is 0 Å². The summed E-state index contributed by atoms with van der Waals surface area (Å²) in [4.78, 5) is 11.9. The lowest BCUT2D eigenvalue weighted by atomic mass is 9.95. The van der Waals surface area contributed by atoms with E-state index < -0.39 is 0 Å². The summed E-state index contributed by atoms with van der Waals surface area (Å²) in [5.41, 5.74) is 0. The molecule has 0 spiro atoms. The zero-order valence-corrected chi connectivity index (χ0v) is 19.3. The SMILES string of the molecule is CCCCCCCCC(CCCCCC)COCC(=O)CCCCCBr. The molecule has 0 saturated carbocycles. The van der Waals surface area contributed by atoms with Crippen molar-refractivity contribution in [3.63, 3.8) is 0 Å². The highest BCUT2D eigenvalue weighted by Gasteiger charge is 2.10. The molecule has 0 amide bonds. The number of ether oxygens (including phenoxy) is 1. The fourth-order valence-electron chi connectivity index (χ4n) is 3.39. The second kappa shape index (κ2) is 21.4. The molecule has 26 heavy (non-hydrogen) atoms. The van der Waals surface area contributed by atoms with Crippen LogP contribution >= 0.6 is 15.9 Å². The van der Waals surface area contributed by atoms with E-state index in [2.05, 4.69) is 29.8 Å². The van der Waals surface area contributed by atoms with Crippen molar-refractivity contribution in [2.75, 3.05) is 18.5 Å². The van der Waals surface area contributed by atoms with E-state index in [1.807, 2.05) is 0 Å². The van der Waals surface area contributed by atoms with E-state index in [1.54, 1.807) is 0 Å². The van der Waals surface area contributed by atoms with Crippen LogP contribution in [0.1, 0.15) is 117 Å². The number of hydrogen-bond donors (Lipinski definition) is 0. The lowest BCUT2D eigenvalue weighted by Gasteiger charge is -2.17. The monoisotopic (exact) mass is 432 g/mol. The first-order valence-electron chi connectivity index (χ1n) is 11.4. The predicted molar refractivity (Wildman–Crippen MR) is 118 cm³/mol. The molecule has 0 aromatic heterocycles. The first-order valence-corrected chi connectivity index (χ1v) is 12.5. The van der Waals surface area contributed by atoms with E-state index in [0.29, 0.717) is 18.9 Å². The summed E-state index contributed by atoms with van der Waals surface area (Å²) in [6, 6.07) is 0. The zero-order valence-electron chi connectivity index (χ0n) is 17.7. The lowest BCUT2D eigenvalue weighted by molar-refractivity contribution is -0.124. The molecule has 0 aromatic rings. The van der Waals surface area contributed by atoms with Gasteiger partial charge < -0.3 is 4.74 Å². The van der Waals surface area contributed by atoms with Gasteiger partial charge in [-0.3, -0.25) is 4.79 Å². The number of Topliss-reactive ketones (excluding diaryl/α,β-unsaturated/α-hetero) is 1. The van der Waals surface area contributed by atoms with Gasteiger partial charge in [-0.15, -0.1) is 0 Å². The van der Waals surface area contributed by atoms with Crippen molar-refractivity contribution in [3.8, 4) is 0 Å². The minimum Gasteiger partial charge on any atom is -0.373 e. The predicted octanol–water partition coefficient (Wildman–Crippen LogP) is 7.86. The average molecular weight is 434 g/mol. The molecule has 1 unspecified atom stereocenters. The third kappa shape index (κ3) is 18.9. The Morgan fingerprint density at radius 2 is 1.31 bits per heavy atom. The number of unbranched alkanes of at least 4 members (excludes halogenated alkanes) is 10. The molecule has 0 rings (SSSR count). The van der Waals surface area contributed by atoms with Gasteiger partial charge in [-0.05, 0) is 31.6 Å². The summed E-state index contributed by atoms with van der Waals surface area (Å²) in [6.45, 7) is 5.65. The number of halogens is 1. The number of ketones is 1. The Hall–Kier alpha value is 0.110. The molecule has 0 aliphatic carbocycles. The van der Waals surface area contributed by atoms with Crippen LogP contribution in [0.25, 0.3) is 0 Å². The van der Waals surface area contributed by atoms with Crippen molar-refractivity contribution in [2.24, 2.45) is 5.92 Å². The van der Waals surface area contributed by atoms with E-state index in [1.165, 1.54) is 77.0 Å². The van der Waals surface area contributed by atoms with Gasteiger partial charge in [0.05, 0.1) is 0 Å². The van der Waals surface area contributed by atoms with Gasteiger partial charge in [0.15, 0.2) is 5.78 Å². The molecular weight excluding hydrogens is 388 g/mol. The maximum absolute atomic E-state index is 11.9. The van der Waals surface area contributed by atoms with E-state index in [-0.39, 0.29) is 5.78 Å². The van der Waals surface area contributed by atoms with Crippen LogP contribution in [0, 0.1) is 5.92 Å². The fourth-order valence-corrected chi connectivity index (χ4v) is 3.79. The van der Waals surface area contributed by atoms with Crippen molar-refractivity contribution in [2.45, 2.75) is 117 Å². The highest BCUT2D eigenvalue weighted by atomic mass is 79.9. The summed E-state index contributed by atoms with van der Waals surface area (Å²) < 4.78 is 5.81. The summed E-state index contributed by atoms with van der Waals surface area (Å²) in [6.07, 6.45) is 20.0. The maximum Gasteiger partial charge on any atom is 0.158 e. The van der Waals surface area contributed by atoms with Crippen molar-refractivity contribution in [3.05, 3.63) is 0 Å². The highest BCUT2D eigenvalue weighted by molar-refractivity contribution is 9.09. The van der Waals surface area contributed by atoms with Crippen LogP contribution in [0.5, 0.6) is 0 Å². The first-order chi connectivity index (χ1) is 12.7. The third-order valence-corrected chi connectivity index (χ3v) is 5.70. The standard InChI is InChI=1S/C23H45BrO2/c1-3-5-7-9-10-13-17-22(16-12-8-6-4-2)20-26-21-23(25)18-14-11-15-19-24/h22H,3-21H2,1-2H3. The number of carbonyl (C=O) groups is 1. The van der Waals surface area contributed by atoms with Gasteiger partial charge in [-0.2, -0.15) is 0 Å². The Balaban J connectivity index is 3.88. The Bertz CT molecular complexity index is 294. The largest absolute Gasteiger partial charge is 0.373 e. The van der Waals surface area contributed by atoms with E-state index in [4.69, 9.17) is 4.74 Å². The summed E-state index contributed by atoms with van der Waals surface area (Å²) in [5.74, 6) is 0.933. The normalized spacial score (nSPS) is 12.4. The molecule has 156 valence electrons. The molecule has 0 aliphatic rings. The Kier molecular flexibility index (Phi) is 21.5. The van der Waals surface area contributed by atoms with Crippen LogP contribution in [-0.2, 0) is 9.53 Å². The molecule has 0 aliphatic heterocycles. The maximum atomic E-state index is 11.9. The highest BCUT2D eigenvalue weighted by Crippen LogP contribution is 2.19. The van der Waals surface area contributed by atoms with Crippen LogP contribution in [0.15, 0.2) is 0 Å². The van der Waals surface area contributed by atoms with Crippen molar-refractivity contribution in [1.29, 1.82) is 0 Å². The minimum absolute atomic E-state index is 0.281. The molecule has 0 heterocycles. The van der Waals surface area contributed by atoms with Gasteiger partial charge in [0, 0.05) is 18.4 Å². The van der Waals surface area contributed by atoms with Crippen LogP contribution in [0.3, 0.4) is 0 Å². The molecule has 2 nitrogen and oxygen atoms in total. The second-order valence-electron chi connectivity index (χ2n) is 7.83. The van der Waals surface area contributed by atoms with Crippen molar-refractivity contribution >= 4 is 21.7 Å². The molecule has 3 heteroatoms. The third-order valence-electron chi connectivity index (χ3n) is 5.14. The number of carbonyl (C=O) groups excluding carboxylic acids is 1. The van der Waals surface area contributed by atoms with Gasteiger partial charge in [-0.25, -0.2) is 0 Å². The van der Waals surface area contributed by atoms with Crippen LogP contribution < -0.4 is 0 Å². The molecule has 0 N–H and O–H groups in total. The van der Waals surface area contributed by atoms with Gasteiger partial charge in [0.2, 0.25) is 0 Å².